The summed E-state index contributed by atoms with van der Waals surface area (Å²) in [5.74, 6) is 2.76. The van der Waals surface area contributed by atoms with Crippen LogP contribution < -0.4 is 4.90 Å². The van der Waals surface area contributed by atoms with E-state index >= 15 is 4.39 Å². The number of terminal acetylenes is 1. The van der Waals surface area contributed by atoms with E-state index in [9.17, 15) is 4.79 Å². The molecule has 1 fully saturated rings. The van der Waals surface area contributed by atoms with Crippen molar-refractivity contribution in [2.45, 2.75) is 26.4 Å². The molecule has 8 heteroatoms. The first kappa shape index (κ1) is 23.5. The third kappa shape index (κ3) is 4.29. The molecule has 0 unspecified atom stereocenters. The number of carbonyl (C=O) groups excluding carboxylic acids is 1. The average molecular weight is 484 g/mol. The van der Waals surface area contributed by atoms with Gasteiger partial charge in [0.25, 0.3) is 0 Å². The highest BCUT2D eigenvalue weighted by atomic mass is 19.1. The molecule has 0 spiro atoms. The quantitative estimate of drug-likeness (QED) is 0.373. The van der Waals surface area contributed by atoms with Gasteiger partial charge in [0.2, 0.25) is 0 Å². The van der Waals surface area contributed by atoms with Gasteiger partial charge < -0.3 is 14.5 Å². The van der Waals surface area contributed by atoms with Gasteiger partial charge >= 0.3 is 6.09 Å². The molecule has 0 radical (unpaired) electrons. The first-order valence-corrected chi connectivity index (χ1v) is 11.8. The van der Waals surface area contributed by atoms with Gasteiger partial charge in [-0.25, -0.2) is 19.2 Å². The SMILES string of the molecule is C#Cc1cccc2cccc(-c3ncc4c(N5CCN(C(=O)OC(C)(C)C)CC5)ncnc4c3F)c12. The molecular weight excluding hydrogens is 457 g/mol. The van der Waals surface area contributed by atoms with Crippen molar-refractivity contribution < 1.29 is 13.9 Å². The molecule has 1 amide bonds. The van der Waals surface area contributed by atoms with Crippen LogP contribution >= 0.6 is 0 Å². The highest BCUT2D eigenvalue weighted by Gasteiger charge is 2.28. The summed E-state index contributed by atoms with van der Waals surface area (Å²) in [7, 11) is 0. The molecule has 1 aliphatic rings. The Morgan fingerprint density at radius 2 is 1.78 bits per heavy atom. The number of anilines is 1. The molecule has 0 aliphatic carbocycles. The van der Waals surface area contributed by atoms with Crippen molar-refractivity contribution >= 4 is 33.6 Å². The van der Waals surface area contributed by atoms with E-state index in [1.807, 2.05) is 62.1 Å². The minimum Gasteiger partial charge on any atom is -0.444 e. The fourth-order valence-corrected chi connectivity index (χ4v) is 4.50. The summed E-state index contributed by atoms with van der Waals surface area (Å²) in [5.41, 5.74) is 1.12. The van der Waals surface area contributed by atoms with E-state index in [2.05, 4.69) is 20.9 Å². The molecule has 2 aromatic carbocycles. The monoisotopic (exact) mass is 483 g/mol. The number of ether oxygens (including phenoxy) is 1. The summed E-state index contributed by atoms with van der Waals surface area (Å²) in [6, 6.07) is 11.3. The zero-order valence-electron chi connectivity index (χ0n) is 20.5. The summed E-state index contributed by atoms with van der Waals surface area (Å²) < 4.78 is 21.4. The summed E-state index contributed by atoms with van der Waals surface area (Å²) >= 11 is 0. The molecule has 2 aromatic heterocycles. The van der Waals surface area contributed by atoms with Crippen molar-refractivity contribution in [1.82, 2.24) is 19.9 Å². The fraction of sp³-hybridized carbons (Fsp3) is 0.286. The van der Waals surface area contributed by atoms with Gasteiger partial charge in [-0.3, -0.25) is 4.98 Å². The number of halogens is 1. The van der Waals surface area contributed by atoms with Crippen molar-refractivity contribution in [2.24, 2.45) is 0 Å². The number of aromatic nitrogens is 3. The van der Waals surface area contributed by atoms with E-state index in [0.717, 1.165) is 10.8 Å². The highest BCUT2D eigenvalue weighted by molar-refractivity contribution is 6.01. The van der Waals surface area contributed by atoms with Gasteiger partial charge in [-0.2, -0.15) is 0 Å². The van der Waals surface area contributed by atoms with E-state index in [0.29, 0.717) is 48.5 Å². The molecular formula is C28H26FN5O2. The summed E-state index contributed by atoms with van der Waals surface area (Å²) in [6.07, 6.45) is 8.36. The number of carbonyl (C=O) groups is 1. The second-order valence-electron chi connectivity index (χ2n) is 9.69. The van der Waals surface area contributed by atoms with Crippen molar-refractivity contribution in [3.05, 3.63) is 60.3 Å². The molecule has 1 aliphatic heterocycles. The van der Waals surface area contributed by atoms with Crippen LogP contribution in [-0.4, -0.2) is 57.7 Å². The second kappa shape index (κ2) is 9.08. The molecule has 0 N–H and O–H groups in total. The van der Waals surface area contributed by atoms with Crippen molar-refractivity contribution in [3.8, 4) is 23.6 Å². The van der Waals surface area contributed by atoms with E-state index in [-0.39, 0.29) is 17.3 Å². The van der Waals surface area contributed by atoms with Crippen LogP contribution in [0.15, 0.2) is 48.9 Å². The molecule has 0 saturated carbocycles. The lowest BCUT2D eigenvalue weighted by Crippen LogP contribution is -2.50. The van der Waals surface area contributed by atoms with Gasteiger partial charge in [-0.1, -0.05) is 36.3 Å². The Kier molecular flexibility index (Phi) is 5.92. The topological polar surface area (TPSA) is 71.5 Å². The number of benzene rings is 2. The van der Waals surface area contributed by atoms with Crippen LogP contribution in [0.1, 0.15) is 26.3 Å². The number of pyridine rings is 1. The number of rotatable bonds is 2. The standard InChI is InChI=1S/C28H26FN5O2/c1-5-18-8-6-9-19-10-7-11-20(22(18)19)24-23(29)25-21(16-30-24)26(32-17-31-25)33-12-14-34(15-13-33)27(35)36-28(2,3)4/h1,6-11,16-17H,12-15H2,2-4H3. The molecule has 7 nitrogen and oxygen atoms in total. The normalized spacial score (nSPS) is 14.2. The van der Waals surface area contributed by atoms with Crippen LogP contribution in [0.5, 0.6) is 0 Å². The Bertz CT molecular complexity index is 1510. The summed E-state index contributed by atoms with van der Waals surface area (Å²) in [4.78, 5) is 29.3. The fourth-order valence-electron chi connectivity index (χ4n) is 4.50. The largest absolute Gasteiger partial charge is 0.444 e. The zero-order valence-corrected chi connectivity index (χ0v) is 20.5. The lowest BCUT2D eigenvalue weighted by atomic mass is 9.97. The Balaban J connectivity index is 1.49. The number of fused-ring (bicyclic) bond motifs is 2. The van der Waals surface area contributed by atoms with E-state index in [4.69, 9.17) is 11.2 Å². The lowest BCUT2D eigenvalue weighted by molar-refractivity contribution is 0.0240. The predicted octanol–water partition coefficient (Wildman–Crippen LogP) is 5.02. The predicted molar refractivity (Wildman–Crippen MR) is 138 cm³/mol. The maximum absolute atomic E-state index is 15.9. The van der Waals surface area contributed by atoms with Gasteiger partial charge in [-0.15, -0.1) is 6.42 Å². The van der Waals surface area contributed by atoms with E-state index in [1.54, 1.807) is 11.1 Å². The van der Waals surface area contributed by atoms with Crippen LogP contribution in [0, 0.1) is 18.2 Å². The third-order valence-electron chi connectivity index (χ3n) is 6.15. The minimum absolute atomic E-state index is 0.190. The minimum atomic E-state index is -0.553. The van der Waals surface area contributed by atoms with Gasteiger partial charge in [-0.05, 0) is 32.2 Å². The summed E-state index contributed by atoms with van der Waals surface area (Å²) in [5, 5.41) is 2.21. The number of piperazine rings is 1. The maximum Gasteiger partial charge on any atom is 0.410 e. The van der Waals surface area contributed by atoms with Crippen LogP contribution in [0.2, 0.25) is 0 Å². The number of nitrogens with zero attached hydrogens (tertiary/aromatic N) is 5. The van der Waals surface area contributed by atoms with Gasteiger partial charge in [0.05, 0.1) is 5.39 Å². The number of amides is 1. The molecule has 36 heavy (non-hydrogen) atoms. The number of hydrogen-bond acceptors (Lipinski definition) is 6. The third-order valence-corrected chi connectivity index (χ3v) is 6.15. The Labute approximate surface area is 208 Å². The first-order chi connectivity index (χ1) is 17.3. The van der Waals surface area contributed by atoms with Gasteiger partial charge in [0.1, 0.15) is 29.0 Å². The van der Waals surface area contributed by atoms with Crippen LogP contribution in [0.3, 0.4) is 0 Å². The zero-order chi connectivity index (χ0) is 25.4. The maximum atomic E-state index is 15.9. The van der Waals surface area contributed by atoms with Crippen molar-refractivity contribution in [1.29, 1.82) is 0 Å². The Hall–Kier alpha value is -4.25. The van der Waals surface area contributed by atoms with Crippen LogP contribution in [0.4, 0.5) is 15.0 Å². The molecule has 0 atom stereocenters. The highest BCUT2D eigenvalue weighted by Crippen LogP contribution is 2.35. The molecule has 5 rings (SSSR count). The van der Waals surface area contributed by atoms with Crippen molar-refractivity contribution in [3.63, 3.8) is 0 Å². The molecule has 4 aromatic rings. The van der Waals surface area contributed by atoms with Crippen LogP contribution in [0.25, 0.3) is 32.9 Å². The Morgan fingerprint density at radius 1 is 1.06 bits per heavy atom. The van der Waals surface area contributed by atoms with E-state index in [1.165, 1.54) is 6.33 Å². The first-order valence-electron chi connectivity index (χ1n) is 11.8. The van der Waals surface area contributed by atoms with E-state index < -0.39 is 11.4 Å². The average Bonchev–Trinajstić information content (AvgIpc) is 2.87. The smallest absolute Gasteiger partial charge is 0.410 e. The molecule has 3 heterocycles. The molecule has 182 valence electrons. The summed E-state index contributed by atoms with van der Waals surface area (Å²) in [6.45, 7) is 7.53. The van der Waals surface area contributed by atoms with Gasteiger partial charge in [0, 0.05) is 48.9 Å². The molecule has 1 saturated heterocycles. The van der Waals surface area contributed by atoms with Crippen molar-refractivity contribution in [2.75, 3.05) is 31.1 Å². The molecule has 0 bridgehead atoms. The Morgan fingerprint density at radius 3 is 2.47 bits per heavy atom. The number of hydrogen-bond donors (Lipinski definition) is 0. The second-order valence-corrected chi connectivity index (χ2v) is 9.69. The van der Waals surface area contributed by atoms with Gasteiger partial charge in [0.15, 0.2) is 5.82 Å². The lowest BCUT2D eigenvalue weighted by Gasteiger charge is -2.36. The van der Waals surface area contributed by atoms with Crippen LogP contribution in [-0.2, 0) is 4.74 Å².